The summed E-state index contributed by atoms with van der Waals surface area (Å²) in [5.74, 6) is 0. The highest BCUT2D eigenvalue weighted by molar-refractivity contribution is 7.18. The van der Waals surface area contributed by atoms with Crippen molar-refractivity contribution in [1.29, 1.82) is 0 Å². The van der Waals surface area contributed by atoms with Crippen LogP contribution in [0.4, 0.5) is 5.13 Å². The Balaban J connectivity index is 1.52. The predicted octanol–water partition coefficient (Wildman–Crippen LogP) is 5.89. The summed E-state index contributed by atoms with van der Waals surface area (Å²) in [5, 5.41) is 2.12. The Kier molecular flexibility index (Phi) is 6.49. The summed E-state index contributed by atoms with van der Waals surface area (Å²) >= 11 is 7.95. The Morgan fingerprint density at radius 1 is 1.16 bits per heavy atom. The number of benzene rings is 1. The van der Waals surface area contributed by atoms with Crippen molar-refractivity contribution in [2.45, 2.75) is 26.2 Å². The number of aromatic nitrogens is 2. The smallest absolute Gasteiger partial charge is 0.180 e. The van der Waals surface area contributed by atoms with Gasteiger partial charge in [0.05, 0.1) is 21.1 Å². The van der Waals surface area contributed by atoms with Gasteiger partial charge in [-0.25, -0.2) is 9.97 Å². The molecule has 0 radical (unpaired) electrons. The van der Waals surface area contributed by atoms with Crippen LogP contribution in [-0.2, 0) is 0 Å². The number of nitrogens with zero attached hydrogens (tertiary/aromatic N) is 4. The van der Waals surface area contributed by atoms with Crippen LogP contribution in [0.25, 0.3) is 27.2 Å². The van der Waals surface area contributed by atoms with Crippen molar-refractivity contribution in [1.82, 2.24) is 19.8 Å². The van der Waals surface area contributed by atoms with Crippen LogP contribution in [0.2, 0.25) is 5.02 Å². The van der Waals surface area contributed by atoms with E-state index in [0.29, 0.717) is 10.2 Å². The lowest BCUT2D eigenvalue weighted by atomic mass is 10.1. The largest absolute Gasteiger partial charge is 0.375 e. The summed E-state index contributed by atoms with van der Waals surface area (Å²) < 4.78 is 0. The number of pyridine rings is 1. The van der Waals surface area contributed by atoms with Gasteiger partial charge >= 0.3 is 0 Å². The molecule has 5 nitrogen and oxygen atoms in total. The number of thiazole rings is 1. The average molecular weight is 454 g/mol. The fourth-order valence-corrected chi connectivity index (χ4v) is 4.82. The number of allylic oxidation sites excluding steroid dienone is 1. The maximum Gasteiger partial charge on any atom is 0.180 e. The molecule has 1 aliphatic heterocycles. The SMILES string of the molecule is C=C(CCCC)N1CCN(C(=C)c2ccc3c(Cl)cc(-c4cnc(N)s4)nc3c2)CC1. The lowest BCUT2D eigenvalue weighted by Crippen LogP contribution is -2.44. The van der Waals surface area contributed by atoms with Gasteiger partial charge in [0.15, 0.2) is 5.13 Å². The molecule has 1 fully saturated rings. The number of hydrogen-bond donors (Lipinski definition) is 1. The summed E-state index contributed by atoms with van der Waals surface area (Å²) in [7, 11) is 0. The molecule has 7 heteroatoms. The molecule has 0 aliphatic carbocycles. The molecule has 0 amide bonds. The molecule has 3 heterocycles. The second kappa shape index (κ2) is 9.28. The van der Waals surface area contributed by atoms with Gasteiger partial charge in [-0.3, -0.25) is 0 Å². The van der Waals surface area contributed by atoms with E-state index < -0.39 is 0 Å². The Bertz CT molecular complexity index is 1110. The van der Waals surface area contributed by atoms with Crippen LogP contribution in [0.1, 0.15) is 31.7 Å². The van der Waals surface area contributed by atoms with Gasteiger partial charge < -0.3 is 15.5 Å². The van der Waals surface area contributed by atoms with Gasteiger partial charge in [-0.15, -0.1) is 0 Å². The van der Waals surface area contributed by atoms with E-state index in [2.05, 4.69) is 47.0 Å². The zero-order chi connectivity index (χ0) is 22.0. The van der Waals surface area contributed by atoms with Crippen molar-refractivity contribution < 1.29 is 0 Å². The topological polar surface area (TPSA) is 58.3 Å². The minimum atomic E-state index is 0.520. The molecule has 2 N–H and O–H groups in total. The number of hydrogen-bond acceptors (Lipinski definition) is 6. The predicted molar refractivity (Wildman–Crippen MR) is 133 cm³/mol. The Labute approximate surface area is 192 Å². The van der Waals surface area contributed by atoms with Crippen LogP contribution in [0.5, 0.6) is 0 Å². The van der Waals surface area contributed by atoms with Gasteiger partial charge in [-0.2, -0.15) is 0 Å². The first-order chi connectivity index (χ1) is 15.0. The van der Waals surface area contributed by atoms with Gasteiger partial charge in [0.2, 0.25) is 0 Å². The normalized spacial score (nSPS) is 14.3. The Hall–Kier alpha value is -2.57. The number of nitrogens with two attached hydrogens (primary N) is 1. The van der Waals surface area contributed by atoms with Crippen molar-refractivity contribution >= 4 is 44.7 Å². The van der Waals surface area contributed by atoms with Crippen molar-refractivity contribution in [2.24, 2.45) is 0 Å². The number of fused-ring (bicyclic) bond motifs is 1. The van der Waals surface area contributed by atoms with E-state index in [1.807, 2.05) is 12.1 Å². The lowest BCUT2D eigenvalue weighted by molar-refractivity contribution is 0.209. The quantitative estimate of drug-likeness (QED) is 0.483. The number of piperazine rings is 1. The van der Waals surface area contributed by atoms with E-state index in [9.17, 15) is 0 Å². The van der Waals surface area contributed by atoms with Gasteiger partial charge in [0, 0.05) is 49.2 Å². The van der Waals surface area contributed by atoms with Gasteiger partial charge in [0.1, 0.15) is 0 Å². The summed E-state index contributed by atoms with van der Waals surface area (Å²) in [6, 6.07) is 8.05. The highest BCUT2D eigenvalue weighted by atomic mass is 35.5. The Morgan fingerprint density at radius 3 is 2.58 bits per heavy atom. The third kappa shape index (κ3) is 4.70. The summed E-state index contributed by atoms with van der Waals surface area (Å²) in [6.07, 6.45) is 5.23. The highest BCUT2D eigenvalue weighted by Gasteiger charge is 2.20. The fraction of sp³-hybridized carbons (Fsp3) is 0.333. The summed E-state index contributed by atoms with van der Waals surface area (Å²) in [6.45, 7) is 14.7. The zero-order valence-corrected chi connectivity index (χ0v) is 19.5. The monoisotopic (exact) mass is 453 g/mol. The molecule has 3 aromatic rings. The average Bonchev–Trinajstić information content (AvgIpc) is 3.23. The molecule has 1 saturated heterocycles. The number of rotatable bonds is 7. The van der Waals surface area contributed by atoms with E-state index in [0.717, 1.165) is 65.3 Å². The van der Waals surface area contributed by atoms with Crippen LogP contribution in [0, 0.1) is 0 Å². The molecule has 0 bridgehead atoms. The maximum absolute atomic E-state index is 6.55. The van der Waals surface area contributed by atoms with Crippen LogP contribution in [0.15, 0.2) is 49.3 Å². The Morgan fingerprint density at radius 2 is 1.90 bits per heavy atom. The molecule has 4 rings (SSSR count). The van der Waals surface area contributed by atoms with Crippen molar-refractivity contribution in [3.05, 3.63) is 59.9 Å². The second-order valence-corrected chi connectivity index (χ2v) is 9.34. The fourth-order valence-electron chi connectivity index (χ4n) is 3.91. The third-order valence-electron chi connectivity index (χ3n) is 5.80. The van der Waals surface area contributed by atoms with Crippen LogP contribution in [0.3, 0.4) is 0 Å². The second-order valence-electron chi connectivity index (χ2n) is 7.87. The minimum absolute atomic E-state index is 0.520. The van der Waals surface area contributed by atoms with E-state index in [-0.39, 0.29) is 0 Å². The first-order valence-corrected chi connectivity index (χ1v) is 11.8. The summed E-state index contributed by atoms with van der Waals surface area (Å²) in [4.78, 5) is 14.6. The molecule has 0 atom stereocenters. The molecule has 2 aromatic heterocycles. The van der Waals surface area contributed by atoms with E-state index in [1.165, 1.54) is 29.9 Å². The van der Waals surface area contributed by atoms with Crippen molar-refractivity contribution in [3.63, 3.8) is 0 Å². The maximum atomic E-state index is 6.55. The van der Waals surface area contributed by atoms with Crippen LogP contribution in [-0.4, -0.2) is 45.9 Å². The van der Waals surface area contributed by atoms with Crippen molar-refractivity contribution in [3.8, 4) is 10.6 Å². The lowest BCUT2D eigenvalue weighted by Gasteiger charge is -2.39. The van der Waals surface area contributed by atoms with E-state index in [4.69, 9.17) is 22.3 Å². The minimum Gasteiger partial charge on any atom is -0.375 e. The van der Waals surface area contributed by atoms with Crippen LogP contribution < -0.4 is 5.73 Å². The third-order valence-corrected chi connectivity index (χ3v) is 6.96. The van der Waals surface area contributed by atoms with Crippen LogP contribution >= 0.6 is 22.9 Å². The molecule has 1 aromatic carbocycles. The molecule has 0 unspecified atom stereocenters. The van der Waals surface area contributed by atoms with E-state index >= 15 is 0 Å². The molecule has 162 valence electrons. The first-order valence-electron chi connectivity index (χ1n) is 10.6. The number of halogens is 1. The number of anilines is 1. The zero-order valence-electron chi connectivity index (χ0n) is 17.9. The van der Waals surface area contributed by atoms with Gasteiger partial charge in [0.25, 0.3) is 0 Å². The molecule has 31 heavy (non-hydrogen) atoms. The molecule has 1 aliphatic rings. The number of nitrogen functional groups attached to an aromatic ring is 1. The molecular formula is C24H28ClN5S. The van der Waals surface area contributed by atoms with Gasteiger partial charge in [-0.1, -0.05) is 61.6 Å². The standard InChI is InChI=1S/C24H28ClN5S/c1-4-5-6-16(2)29-9-11-30(12-10-29)17(3)18-7-8-19-20(25)14-22(28-21(19)13-18)23-15-27-24(26)31-23/h7-8,13-15H,2-6,9-12H2,1H3,(H2,26,27). The first kappa shape index (κ1) is 21.7. The highest BCUT2D eigenvalue weighted by Crippen LogP contribution is 2.33. The molecule has 0 spiro atoms. The van der Waals surface area contributed by atoms with Crippen molar-refractivity contribution in [2.75, 3.05) is 31.9 Å². The van der Waals surface area contributed by atoms with Gasteiger partial charge in [-0.05, 0) is 30.5 Å². The van der Waals surface area contributed by atoms with E-state index in [1.54, 1.807) is 6.20 Å². The molecular weight excluding hydrogens is 426 g/mol. The molecule has 0 saturated carbocycles. The number of unbranched alkanes of at least 4 members (excludes halogenated alkanes) is 1. The summed E-state index contributed by atoms with van der Waals surface area (Å²) in [5.41, 5.74) is 10.8.